The van der Waals surface area contributed by atoms with Crippen LogP contribution >= 0.6 is 0 Å². The SMILES string of the molecule is CC1CCC(c2cc(F)c(CF)c(F)c2)CC1. The molecule has 0 nitrogen and oxygen atoms in total. The van der Waals surface area contributed by atoms with Gasteiger partial charge in [0.25, 0.3) is 0 Å². The number of alkyl halides is 1. The standard InChI is InChI=1S/C14H17F3/c1-9-2-4-10(5-3-9)11-6-13(16)12(8-15)14(17)7-11/h6-7,9-10H,2-5,8H2,1H3. The van der Waals surface area contributed by atoms with Crippen molar-refractivity contribution in [2.75, 3.05) is 0 Å². The molecule has 2 rings (SSSR count). The molecule has 17 heavy (non-hydrogen) atoms. The van der Waals surface area contributed by atoms with Crippen molar-refractivity contribution in [1.82, 2.24) is 0 Å². The molecule has 0 aliphatic heterocycles. The molecular formula is C14H17F3. The second-order valence-corrected chi connectivity index (χ2v) is 5.05. The Bertz CT molecular complexity index is 369. The van der Waals surface area contributed by atoms with Crippen LogP contribution in [0, 0.1) is 17.6 Å². The molecule has 0 saturated heterocycles. The third-order valence-corrected chi connectivity index (χ3v) is 3.78. The third-order valence-electron chi connectivity index (χ3n) is 3.78. The van der Waals surface area contributed by atoms with Crippen LogP contribution in [-0.4, -0.2) is 0 Å². The summed E-state index contributed by atoms with van der Waals surface area (Å²) >= 11 is 0. The molecule has 0 spiro atoms. The van der Waals surface area contributed by atoms with Gasteiger partial charge >= 0.3 is 0 Å². The second-order valence-electron chi connectivity index (χ2n) is 5.05. The van der Waals surface area contributed by atoms with E-state index in [9.17, 15) is 13.2 Å². The summed E-state index contributed by atoms with van der Waals surface area (Å²) < 4.78 is 39.3. The largest absolute Gasteiger partial charge is 0.246 e. The molecule has 1 aliphatic rings. The van der Waals surface area contributed by atoms with Crippen LogP contribution in [0.25, 0.3) is 0 Å². The fraction of sp³-hybridized carbons (Fsp3) is 0.571. The first-order valence-corrected chi connectivity index (χ1v) is 6.15. The number of rotatable bonds is 2. The molecule has 0 amide bonds. The van der Waals surface area contributed by atoms with Gasteiger partial charge in [-0.1, -0.05) is 19.8 Å². The van der Waals surface area contributed by atoms with E-state index in [-0.39, 0.29) is 5.92 Å². The average molecular weight is 242 g/mol. The van der Waals surface area contributed by atoms with Crippen LogP contribution in [0.2, 0.25) is 0 Å². The van der Waals surface area contributed by atoms with E-state index in [1.165, 1.54) is 12.1 Å². The van der Waals surface area contributed by atoms with Gasteiger partial charge in [0.05, 0.1) is 5.56 Å². The number of benzene rings is 1. The van der Waals surface area contributed by atoms with Gasteiger partial charge in [-0.3, -0.25) is 0 Å². The second kappa shape index (κ2) is 5.11. The van der Waals surface area contributed by atoms with Gasteiger partial charge in [0.2, 0.25) is 0 Å². The summed E-state index contributed by atoms with van der Waals surface area (Å²) in [6, 6.07) is 2.61. The summed E-state index contributed by atoms with van der Waals surface area (Å²) in [6.07, 6.45) is 4.13. The smallest absolute Gasteiger partial charge is 0.132 e. The minimum Gasteiger partial charge on any atom is -0.246 e. The van der Waals surface area contributed by atoms with E-state index >= 15 is 0 Å². The first-order valence-electron chi connectivity index (χ1n) is 6.15. The zero-order valence-electron chi connectivity index (χ0n) is 9.98. The zero-order chi connectivity index (χ0) is 12.4. The van der Waals surface area contributed by atoms with Crippen LogP contribution < -0.4 is 0 Å². The molecule has 0 heterocycles. The summed E-state index contributed by atoms with van der Waals surface area (Å²) in [5.41, 5.74) is 0.238. The van der Waals surface area contributed by atoms with Crippen LogP contribution in [0.15, 0.2) is 12.1 Å². The van der Waals surface area contributed by atoms with Crippen molar-refractivity contribution in [2.45, 2.75) is 45.2 Å². The fourth-order valence-corrected chi connectivity index (χ4v) is 2.58. The van der Waals surface area contributed by atoms with Gasteiger partial charge in [-0.15, -0.1) is 0 Å². The van der Waals surface area contributed by atoms with Gasteiger partial charge in [0, 0.05) is 0 Å². The van der Waals surface area contributed by atoms with Crippen LogP contribution in [0.4, 0.5) is 13.2 Å². The van der Waals surface area contributed by atoms with E-state index in [1.54, 1.807) is 0 Å². The maximum absolute atomic E-state index is 13.5. The van der Waals surface area contributed by atoms with Gasteiger partial charge in [-0.25, -0.2) is 13.2 Å². The Kier molecular flexibility index (Phi) is 3.75. The first kappa shape index (κ1) is 12.5. The topological polar surface area (TPSA) is 0 Å². The van der Waals surface area contributed by atoms with E-state index in [0.717, 1.165) is 25.7 Å². The van der Waals surface area contributed by atoms with Crippen molar-refractivity contribution in [3.8, 4) is 0 Å². The first-order chi connectivity index (χ1) is 8.11. The minimum atomic E-state index is -1.08. The van der Waals surface area contributed by atoms with E-state index in [0.29, 0.717) is 11.5 Å². The molecule has 1 aromatic carbocycles. The van der Waals surface area contributed by atoms with Gasteiger partial charge < -0.3 is 0 Å². The highest BCUT2D eigenvalue weighted by atomic mass is 19.1. The summed E-state index contributed by atoms with van der Waals surface area (Å²) in [7, 11) is 0. The van der Waals surface area contributed by atoms with Gasteiger partial charge in [0.15, 0.2) is 0 Å². The maximum atomic E-state index is 13.5. The highest BCUT2D eigenvalue weighted by Crippen LogP contribution is 2.36. The molecule has 1 saturated carbocycles. The third kappa shape index (κ3) is 2.64. The lowest BCUT2D eigenvalue weighted by molar-refractivity contribution is 0.346. The Morgan fingerprint density at radius 1 is 1.06 bits per heavy atom. The molecule has 0 N–H and O–H groups in total. The van der Waals surface area contributed by atoms with Crippen molar-refractivity contribution < 1.29 is 13.2 Å². The Hall–Kier alpha value is -0.990. The summed E-state index contributed by atoms with van der Waals surface area (Å²) in [5.74, 6) is -0.572. The van der Waals surface area contributed by atoms with Gasteiger partial charge in [-0.05, 0) is 42.4 Å². The Morgan fingerprint density at radius 2 is 1.59 bits per heavy atom. The summed E-state index contributed by atoms with van der Waals surface area (Å²) in [6.45, 7) is 1.11. The zero-order valence-corrected chi connectivity index (χ0v) is 9.98. The lowest BCUT2D eigenvalue weighted by atomic mass is 9.79. The molecule has 1 aromatic rings. The lowest BCUT2D eigenvalue weighted by Crippen LogP contribution is -2.11. The molecule has 94 valence electrons. The number of hydrogen-bond acceptors (Lipinski definition) is 0. The molecule has 1 aliphatic carbocycles. The summed E-state index contributed by atoms with van der Waals surface area (Å²) in [5, 5.41) is 0. The van der Waals surface area contributed by atoms with Crippen molar-refractivity contribution in [3.05, 3.63) is 34.9 Å². The molecule has 0 unspecified atom stereocenters. The van der Waals surface area contributed by atoms with Crippen molar-refractivity contribution in [2.24, 2.45) is 5.92 Å². The minimum absolute atomic E-state index is 0.226. The summed E-state index contributed by atoms with van der Waals surface area (Å²) in [4.78, 5) is 0. The molecule has 0 atom stereocenters. The van der Waals surface area contributed by atoms with Crippen molar-refractivity contribution >= 4 is 0 Å². The lowest BCUT2D eigenvalue weighted by Gasteiger charge is -2.26. The van der Waals surface area contributed by atoms with Crippen LogP contribution in [0.5, 0.6) is 0 Å². The fourth-order valence-electron chi connectivity index (χ4n) is 2.58. The Balaban J connectivity index is 2.22. The van der Waals surface area contributed by atoms with E-state index in [1.807, 2.05) is 0 Å². The van der Waals surface area contributed by atoms with Gasteiger partial charge in [-0.2, -0.15) is 0 Å². The predicted molar refractivity (Wildman–Crippen MR) is 61.5 cm³/mol. The quantitative estimate of drug-likeness (QED) is 0.703. The number of hydrogen-bond donors (Lipinski definition) is 0. The molecule has 0 bridgehead atoms. The van der Waals surface area contributed by atoms with Crippen LogP contribution in [0.3, 0.4) is 0 Å². The van der Waals surface area contributed by atoms with Crippen molar-refractivity contribution in [3.63, 3.8) is 0 Å². The predicted octanol–water partition coefficient (Wildman–Crippen LogP) is 4.73. The van der Waals surface area contributed by atoms with E-state index in [4.69, 9.17) is 0 Å². The molecule has 3 heteroatoms. The monoisotopic (exact) mass is 242 g/mol. The normalized spacial score (nSPS) is 24.9. The highest BCUT2D eigenvalue weighted by Gasteiger charge is 2.22. The molecule has 0 aromatic heterocycles. The Morgan fingerprint density at radius 3 is 2.06 bits per heavy atom. The maximum Gasteiger partial charge on any atom is 0.132 e. The van der Waals surface area contributed by atoms with E-state index < -0.39 is 23.9 Å². The molecule has 1 fully saturated rings. The molecular weight excluding hydrogens is 225 g/mol. The number of halogens is 3. The van der Waals surface area contributed by atoms with Crippen LogP contribution in [-0.2, 0) is 6.67 Å². The highest BCUT2D eigenvalue weighted by molar-refractivity contribution is 5.28. The van der Waals surface area contributed by atoms with Gasteiger partial charge in [0.1, 0.15) is 18.3 Å². The van der Waals surface area contributed by atoms with Crippen LogP contribution in [0.1, 0.15) is 49.7 Å². The van der Waals surface area contributed by atoms with Crippen molar-refractivity contribution in [1.29, 1.82) is 0 Å². The molecule has 0 radical (unpaired) electrons. The average Bonchev–Trinajstić information content (AvgIpc) is 2.29. The Labute approximate surface area is 99.8 Å². The van der Waals surface area contributed by atoms with E-state index in [2.05, 4.69) is 6.92 Å².